The number of hydrogen-bond donors (Lipinski definition) is 1. The van der Waals surface area contributed by atoms with E-state index in [-0.39, 0.29) is 0 Å². The summed E-state index contributed by atoms with van der Waals surface area (Å²) in [6.45, 7) is -10.4. The molecule has 0 unspecified atom stereocenters. The fourth-order valence-corrected chi connectivity index (χ4v) is 0.139. The van der Waals surface area contributed by atoms with Gasteiger partial charge in [0.25, 0.3) is 5.09 Å². The fourth-order valence-electron chi connectivity index (χ4n) is 0.139. The van der Waals surface area contributed by atoms with Crippen LogP contribution in [0.5, 0.6) is 0 Å². The molecule has 0 aliphatic heterocycles. The average Bonchev–Trinajstić information content (AvgIpc) is 1.94. The van der Waals surface area contributed by atoms with Crippen molar-refractivity contribution in [2.75, 3.05) is 13.1 Å². The first-order valence-electron chi connectivity index (χ1n) is 5.98. The molecular formula is C5H9NO4. The maximum absolute atomic E-state index is 9.98. The zero-order chi connectivity index (χ0) is 14.9. The standard InChI is InChI=1S/C5H9NO4/c1-5(4-7)2-3-10-6(8)9/h2,7H,3-4H2,1H3/b5-2+/i1D3,2D,3D2,4D2. The Bertz CT molecular complexity index is 353. The Balaban J connectivity index is 5.84. The normalized spacial score (nSPS) is 28.1. The van der Waals surface area contributed by atoms with Crippen LogP contribution in [0.25, 0.3) is 0 Å². The van der Waals surface area contributed by atoms with Crippen molar-refractivity contribution in [3.05, 3.63) is 21.7 Å². The second-order valence-corrected chi connectivity index (χ2v) is 1.03. The van der Waals surface area contributed by atoms with Gasteiger partial charge in [0.1, 0.15) is 6.56 Å². The summed E-state index contributed by atoms with van der Waals surface area (Å²) in [6.07, 6.45) is 0. The lowest BCUT2D eigenvalue weighted by Gasteiger charge is -1.93. The van der Waals surface area contributed by atoms with Crippen molar-refractivity contribution in [2.45, 2.75) is 6.85 Å². The molecule has 0 radical (unpaired) electrons. The zero-order valence-electron chi connectivity index (χ0n) is 12.6. The molecule has 0 amide bonds. The minimum atomic E-state index is -3.55. The zero-order valence-corrected chi connectivity index (χ0v) is 4.62. The van der Waals surface area contributed by atoms with Gasteiger partial charge in [0.15, 0.2) is 0 Å². The van der Waals surface area contributed by atoms with Crippen LogP contribution in [0.3, 0.4) is 0 Å². The predicted molar refractivity (Wildman–Crippen MR) is 33.8 cm³/mol. The van der Waals surface area contributed by atoms with Crippen LogP contribution in [0.2, 0.25) is 0 Å². The third-order valence-electron chi connectivity index (χ3n) is 0.408. The molecule has 0 rings (SSSR count). The number of nitrogens with zero attached hydrogens (tertiary/aromatic N) is 1. The molecule has 0 fully saturated rings. The first kappa shape index (κ1) is 2.20. The Morgan fingerprint density at radius 1 is 2.30 bits per heavy atom. The topological polar surface area (TPSA) is 72.6 Å². The SMILES string of the molecule is [2H]/C(=C(/C([2H])([2H])[2H])C([2H])([2H])O)C([2H])([2H])O[N+](=O)[O-]. The molecule has 0 spiro atoms. The van der Waals surface area contributed by atoms with Crippen molar-refractivity contribution < 1.29 is 26.0 Å². The Morgan fingerprint density at radius 3 is 3.40 bits per heavy atom. The third-order valence-corrected chi connectivity index (χ3v) is 0.408. The number of hydrogen-bond acceptors (Lipinski definition) is 4. The highest BCUT2D eigenvalue weighted by Gasteiger charge is 1.90. The van der Waals surface area contributed by atoms with E-state index in [0.29, 0.717) is 0 Å². The molecule has 0 aromatic heterocycles. The summed E-state index contributed by atoms with van der Waals surface area (Å²) in [5, 5.41) is 17.4. The Labute approximate surface area is 69.3 Å². The Kier molecular flexibility index (Phi) is 1.04. The molecule has 1 N–H and O–H groups in total. The Hall–Kier alpha value is -1.10. The van der Waals surface area contributed by atoms with E-state index in [4.69, 9.17) is 16.1 Å². The minimum absolute atomic E-state index is 1.60. The molecular weight excluding hydrogens is 138 g/mol. The van der Waals surface area contributed by atoms with E-state index in [1.54, 1.807) is 0 Å². The second kappa shape index (κ2) is 4.75. The summed E-state index contributed by atoms with van der Waals surface area (Å²) in [5.74, 6) is 0. The molecule has 0 saturated heterocycles. The van der Waals surface area contributed by atoms with Crippen LogP contribution in [-0.2, 0) is 4.84 Å². The molecule has 5 nitrogen and oxygen atoms in total. The van der Waals surface area contributed by atoms with Crippen molar-refractivity contribution in [3.8, 4) is 0 Å². The molecule has 0 atom stereocenters. The minimum Gasteiger partial charge on any atom is -0.392 e. The highest BCUT2D eigenvalue weighted by atomic mass is 16.9. The van der Waals surface area contributed by atoms with Gasteiger partial charge in [-0.25, -0.2) is 0 Å². The number of aliphatic hydroxyl groups is 1. The number of rotatable bonds is 4. The second-order valence-electron chi connectivity index (χ2n) is 1.03. The maximum atomic E-state index is 9.98. The van der Waals surface area contributed by atoms with Crippen molar-refractivity contribution in [1.82, 2.24) is 0 Å². The monoisotopic (exact) mass is 155 g/mol. The van der Waals surface area contributed by atoms with Gasteiger partial charge < -0.3 is 9.94 Å². The molecule has 0 aromatic carbocycles. The lowest BCUT2D eigenvalue weighted by atomic mass is 10.3. The lowest BCUT2D eigenvalue weighted by Crippen LogP contribution is -2.00. The molecule has 0 aromatic rings. The van der Waals surface area contributed by atoms with E-state index >= 15 is 0 Å². The van der Waals surface area contributed by atoms with Crippen LogP contribution in [0.4, 0.5) is 0 Å². The van der Waals surface area contributed by atoms with E-state index in [1.807, 2.05) is 0 Å². The summed E-state index contributed by atoms with van der Waals surface area (Å²) in [5.41, 5.74) is -1.62. The molecule has 0 saturated carbocycles. The first-order valence-corrected chi connectivity index (χ1v) is 1.98. The van der Waals surface area contributed by atoms with Crippen molar-refractivity contribution >= 4 is 0 Å². The van der Waals surface area contributed by atoms with Crippen LogP contribution < -0.4 is 0 Å². The molecule has 0 heterocycles. The van der Waals surface area contributed by atoms with Crippen LogP contribution in [0.1, 0.15) is 17.8 Å². The van der Waals surface area contributed by atoms with Crippen LogP contribution in [0, 0.1) is 10.1 Å². The lowest BCUT2D eigenvalue weighted by molar-refractivity contribution is -0.755. The van der Waals surface area contributed by atoms with E-state index in [2.05, 4.69) is 4.84 Å². The van der Waals surface area contributed by atoms with Crippen LogP contribution in [0.15, 0.2) is 11.6 Å². The molecule has 0 bridgehead atoms. The quantitative estimate of drug-likeness (QED) is 0.356. The largest absolute Gasteiger partial charge is 0.392 e. The smallest absolute Gasteiger partial charge is 0.294 e. The molecule has 0 aliphatic carbocycles. The van der Waals surface area contributed by atoms with E-state index in [9.17, 15) is 10.1 Å². The summed E-state index contributed by atoms with van der Waals surface area (Å²) in [6, 6.07) is -1.67. The van der Waals surface area contributed by atoms with Gasteiger partial charge in [-0.2, -0.15) is 0 Å². The Morgan fingerprint density at radius 2 is 3.00 bits per heavy atom. The van der Waals surface area contributed by atoms with Gasteiger partial charge in [0.2, 0.25) is 0 Å². The van der Waals surface area contributed by atoms with Gasteiger partial charge in [-0.1, -0.05) is 11.6 Å². The van der Waals surface area contributed by atoms with Gasteiger partial charge in [-0.15, -0.1) is 10.1 Å². The highest BCUT2D eigenvalue weighted by molar-refractivity contribution is 4.97. The van der Waals surface area contributed by atoms with Gasteiger partial charge in [-0.3, -0.25) is 0 Å². The van der Waals surface area contributed by atoms with Crippen molar-refractivity contribution in [1.29, 1.82) is 0 Å². The maximum Gasteiger partial charge on any atom is 0.294 e. The fraction of sp³-hybridized carbons (Fsp3) is 0.600. The van der Waals surface area contributed by atoms with Crippen molar-refractivity contribution in [2.24, 2.45) is 0 Å². The molecule has 5 heteroatoms. The van der Waals surface area contributed by atoms with E-state index in [1.165, 1.54) is 0 Å². The summed E-state index contributed by atoms with van der Waals surface area (Å²) >= 11 is 0. The van der Waals surface area contributed by atoms with Gasteiger partial charge >= 0.3 is 0 Å². The predicted octanol–water partition coefficient (Wildman–Crippen LogP) is 0.133. The van der Waals surface area contributed by atoms with E-state index < -0.39 is 36.7 Å². The summed E-state index contributed by atoms with van der Waals surface area (Å²) < 4.78 is 55.5. The average molecular weight is 155 g/mol. The third kappa shape index (κ3) is 5.04. The summed E-state index contributed by atoms with van der Waals surface area (Å²) in [4.78, 5) is 13.4. The first-order chi connectivity index (χ1) is 7.69. The van der Waals surface area contributed by atoms with Crippen LogP contribution in [-0.4, -0.2) is 23.3 Å². The molecule has 0 aliphatic rings. The molecule has 58 valence electrons. The summed E-state index contributed by atoms with van der Waals surface area (Å²) in [7, 11) is 0. The van der Waals surface area contributed by atoms with Gasteiger partial charge in [-0.05, 0) is 6.85 Å². The van der Waals surface area contributed by atoms with E-state index in [0.717, 1.165) is 0 Å². The highest BCUT2D eigenvalue weighted by Crippen LogP contribution is 1.88. The van der Waals surface area contributed by atoms with Crippen molar-refractivity contribution in [3.63, 3.8) is 0 Å². The molecule has 10 heavy (non-hydrogen) atoms. The van der Waals surface area contributed by atoms with Gasteiger partial charge in [0, 0.05) is 4.11 Å². The van der Waals surface area contributed by atoms with Gasteiger partial charge in [0.05, 0.1) is 13.4 Å². The van der Waals surface area contributed by atoms with Crippen LogP contribution >= 0.6 is 0 Å².